The van der Waals surface area contributed by atoms with Gasteiger partial charge in [-0.1, -0.05) is 43.3 Å². The van der Waals surface area contributed by atoms with Gasteiger partial charge in [-0.05, 0) is 44.5 Å². The number of hydrogen-bond acceptors (Lipinski definition) is 2. The standard InChI is InChI=1S/C18H24NO2P/c1-4-15-19(16-11-7-5-8-12-16)22(20)18(2,3)21-17-13-9-6-10-14-17/h5-14,22H,4,15H2,1-3H3. The SMILES string of the molecule is CCCN(c1ccccc1)[PH](=O)C(C)(C)Oc1ccccc1. The molecule has 0 saturated carbocycles. The first kappa shape index (κ1) is 16.6. The molecule has 118 valence electrons. The van der Waals surface area contributed by atoms with Crippen LogP contribution in [0.3, 0.4) is 0 Å². The highest BCUT2D eigenvalue weighted by Gasteiger charge is 2.32. The molecule has 0 aliphatic rings. The van der Waals surface area contributed by atoms with Gasteiger partial charge in [-0.2, -0.15) is 0 Å². The maximum Gasteiger partial charge on any atom is 0.202 e. The highest BCUT2D eigenvalue weighted by Crippen LogP contribution is 2.45. The molecule has 0 saturated heterocycles. The largest absolute Gasteiger partial charge is 0.479 e. The van der Waals surface area contributed by atoms with E-state index in [1.54, 1.807) is 0 Å². The highest BCUT2D eigenvalue weighted by atomic mass is 31.1. The Morgan fingerprint density at radius 3 is 2.09 bits per heavy atom. The van der Waals surface area contributed by atoms with Gasteiger partial charge in [0.2, 0.25) is 7.95 Å². The molecule has 0 aliphatic heterocycles. The van der Waals surface area contributed by atoms with Crippen molar-refractivity contribution in [3.05, 3.63) is 60.7 Å². The lowest BCUT2D eigenvalue weighted by Crippen LogP contribution is -2.31. The van der Waals surface area contributed by atoms with Crippen LogP contribution in [-0.2, 0) is 4.57 Å². The summed E-state index contributed by atoms with van der Waals surface area (Å²) < 4.78 is 21.1. The smallest absolute Gasteiger partial charge is 0.202 e. The molecule has 0 spiro atoms. The first-order valence-electron chi connectivity index (χ1n) is 7.65. The predicted octanol–water partition coefficient (Wildman–Crippen LogP) is 5.19. The second-order valence-electron chi connectivity index (χ2n) is 5.72. The molecule has 1 unspecified atom stereocenters. The van der Waals surface area contributed by atoms with Crippen molar-refractivity contribution in [1.82, 2.24) is 0 Å². The number of nitrogens with zero attached hydrogens (tertiary/aromatic N) is 1. The molecule has 2 rings (SSSR count). The maximum atomic E-state index is 13.1. The molecular weight excluding hydrogens is 293 g/mol. The quantitative estimate of drug-likeness (QED) is 0.658. The Labute approximate surface area is 133 Å². The molecule has 0 bridgehead atoms. The number of ether oxygens (including phenoxy) is 1. The average molecular weight is 317 g/mol. The third kappa shape index (κ3) is 4.14. The van der Waals surface area contributed by atoms with E-state index in [1.165, 1.54) is 0 Å². The molecular formula is C18H24NO2P. The topological polar surface area (TPSA) is 29.5 Å². The van der Waals surface area contributed by atoms with Crippen LogP contribution in [0.1, 0.15) is 27.2 Å². The summed E-state index contributed by atoms with van der Waals surface area (Å²) in [6.07, 6.45) is 0.937. The minimum Gasteiger partial charge on any atom is -0.479 e. The van der Waals surface area contributed by atoms with E-state index < -0.39 is 13.3 Å². The van der Waals surface area contributed by atoms with Crippen LogP contribution in [0.2, 0.25) is 0 Å². The fourth-order valence-corrected chi connectivity index (χ4v) is 4.00. The van der Waals surface area contributed by atoms with Gasteiger partial charge in [-0.15, -0.1) is 0 Å². The van der Waals surface area contributed by atoms with Gasteiger partial charge in [0.05, 0.1) is 0 Å². The second-order valence-corrected chi connectivity index (χ2v) is 8.07. The van der Waals surface area contributed by atoms with Gasteiger partial charge >= 0.3 is 0 Å². The molecule has 2 aromatic carbocycles. The van der Waals surface area contributed by atoms with Crippen LogP contribution < -0.4 is 9.41 Å². The Morgan fingerprint density at radius 2 is 1.55 bits per heavy atom. The van der Waals surface area contributed by atoms with Crippen LogP contribution in [0.4, 0.5) is 5.69 Å². The van der Waals surface area contributed by atoms with E-state index in [4.69, 9.17) is 4.74 Å². The maximum absolute atomic E-state index is 13.1. The molecule has 0 aromatic heterocycles. The molecule has 0 aliphatic carbocycles. The minimum atomic E-state index is -2.16. The zero-order valence-corrected chi connectivity index (χ0v) is 14.5. The van der Waals surface area contributed by atoms with Crippen molar-refractivity contribution >= 4 is 13.6 Å². The summed E-state index contributed by atoms with van der Waals surface area (Å²) in [5, 5.41) is -0.739. The van der Waals surface area contributed by atoms with Gasteiger partial charge in [-0.25, -0.2) is 0 Å². The van der Waals surface area contributed by atoms with Crippen molar-refractivity contribution in [2.24, 2.45) is 0 Å². The predicted molar refractivity (Wildman–Crippen MR) is 94.2 cm³/mol. The average Bonchev–Trinajstić information content (AvgIpc) is 2.53. The van der Waals surface area contributed by atoms with E-state index in [0.29, 0.717) is 0 Å². The second kappa shape index (κ2) is 7.51. The normalized spacial score (nSPS) is 12.7. The van der Waals surface area contributed by atoms with Crippen LogP contribution in [0, 0.1) is 0 Å². The van der Waals surface area contributed by atoms with Gasteiger partial charge in [0.15, 0.2) is 5.34 Å². The summed E-state index contributed by atoms with van der Waals surface area (Å²) in [6.45, 7) is 6.64. The summed E-state index contributed by atoms with van der Waals surface area (Å²) in [7, 11) is -2.16. The summed E-state index contributed by atoms with van der Waals surface area (Å²) in [6, 6.07) is 19.5. The molecule has 4 heteroatoms. The Balaban J connectivity index is 2.22. The third-order valence-corrected chi connectivity index (χ3v) is 5.50. The molecule has 0 amide bonds. The van der Waals surface area contributed by atoms with E-state index in [0.717, 1.165) is 24.4 Å². The van der Waals surface area contributed by atoms with Crippen molar-refractivity contribution < 1.29 is 9.30 Å². The number of rotatable bonds is 7. The molecule has 0 radical (unpaired) electrons. The van der Waals surface area contributed by atoms with Crippen LogP contribution >= 0.6 is 7.95 Å². The molecule has 22 heavy (non-hydrogen) atoms. The first-order chi connectivity index (χ1) is 10.5. The van der Waals surface area contributed by atoms with Gasteiger partial charge in [-0.3, -0.25) is 4.57 Å². The van der Waals surface area contributed by atoms with Crippen molar-refractivity contribution in [2.45, 2.75) is 32.5 Å². The first-order valence-corrected chi connectivity index (χ1v) is 9.01. The van der Waals surface area contributed by atoms with E-state index in [9.17, 15) is 4.57 Å². The van der Waals surface area contributed by atoms with Crippen molar-refractivity contribution in [1.29, 1.82) is 0 Å². The lowest BCUT2D eigenvalue weighted by molar-refractivity contribution is 0.194. The Bertz CT molecular complexity index is 599. The number of para-hydroxylation sites is 2. The van der Waals surface area contributed by atoms with Gasteiger partial charge in [0, 0.05) is 12.2 Å². The zero-order chi connectivity index (χ0) is 16.0. The van der Waals surface area contributed by atoms with E-state index in [1.807, 2.05) is 79.2 Å². The molecule has 1 atom stereocenters. The molecule has 0 N–H and O–H groups in total. The molecule has 0 fully saturated rings. The van der Waals surface area contributed by atoms with Crippen molar-refractivity contribution in [2.75, 3.05) is 11.2 Å². The molecule has 3 nitrogen and oxygen atoms in total. The number of benzene rings is 2. The zero-order valence-electron chi connectivity index (χ0n) is 13.5. The monoisotopic (exact) mass is 317 g/mol. The fraction of sp³-hybridized carbons (Fsp3) is 0.333. The van der Waals surface area contributed by atoms with Crippen LogP contribution in [0.15, 0.2) is 60.7 Å². The van der Waals surface area contributed by atoms with Gasteiger partial charge in [0.1, 0.15) is 5.75 Å². The molecule has 2 aromatic rings. The van der Waals surface area contributed by atoms with Crippen LogP contribution in [0.25, 0.3) is 0 Å². The van der Waals surface area contributed by atoms with E-state index >= 15 is 0 Å². The number of anilines is 1. The fourth-order valence-electron chi connectivity index (χ4n) is 2.33. The van der Waals surface area contributed by atoms with E-state index in [-0.39, 0.29) is 0 Å². The minimum absolute atomic E-state index is 0.739. The van der Waals surface area contributed by atoms with Crippen molar-refractivity contribution in [3.8, 4) is 5.75 Å². The van der Waals surface area contributed by atoms with Crippen molar-refractivity contribution in [3.63, 3.8) is 0 Å². The molecule has 0 heterocycles. The summed E-state index contributed by atoms with van der Waals surface area (Å²) >= 11 is 0. The Morgan fingerprint density at radius 1 is 1.00 bits per heavy atom. The van der Waals surface area contributed by atoms with Gasteiger partial charge in [0.25, 0.3) is 0 Å². The van der Waals surface area contributed by atoms with E-state index in [2.05, 4.69) is 6.92 Å². The summed E-state index contributed by atoms with van der Waals surface area (Å²) in [4.78, 5) is 0. The van der Waals surface area contributed by atoms with Crippen LogP contribution in [0.5, 0.6) is 5.75 Å². The lowest BCUT2D eigenvalue weighted by Gasteiger charge is -2.34. The summed E-state index contributed by atoms with van der Waals surface area (Å²) in [5.41, 5.74) is 0.984. The number of hydrogen-bond donors (Lipinski definition) is 0. The summed E-state index contributed by atoms with van der Waals surface area (Å²) in [5.74, 6) is 0.746. The van der Waals surface area contributed by atoms with Crippen LogP contribution in [-0.4, -0.2) is 11.9 Å². The highest BCUT2D eigenvalue weighted by molar-refractivity contribution is 7.48. The third-order valence-electron chi connectivity index (χ3n) is 3.39. The Hall–Kier alpha value is -1.73. The van der Waals surface area contributed by atoms with Gasteiger partial charge < -0.3 is 9.41 Å². The Kier molecular flexibility index (Phi) is 5.68. The lowest BCUT2D eigenvalue weighted by atomic mass is 10.3.